The molecule has 0 saturated carbocycles. The first-order valence-corrected chi connectivity index (χ1v) is 3.33. The minimum atomic E-state index is -0.273. The van der Waals surface area contributed by atoms with Gasteiger partial charge in [0.1, 0.15) is 6.61 Å². The lowest BCUT2D eigenvalue weighted by molar-refractivity contribution is -0.140. The van der Waals surface area contributed by atoms with Gasteiger partial charge in [-0.15, -0.1) is 0 Å². The molecule has 0 aliphatic rings. The van der Waals surface area contributed by atoms with Crippen LogP contribution in [0.1, 0.15) is 6.92 Å². The highest BCUT2D eigenvalue weighted by Crippen LogP contribution is 1.69. The molecule has 68 valence electrons. The molecule has 0 aromatic rings. The molecule has 0 aliphatic heterocycles. The molecule has 0 heterocycles. The van der Waals surface area contributed by atoms with E-state index in [1.54, 1.807) is 0 Å². The van der Waals surface area contributed by atoms with E-state index in [-0.39, 0.29) is 12.6 Å². The maximum atomic E-state index is 9.92. The molecule has 5 nitrogen and oxygen atoms in total. The molecule has 0 aromatic heterocycles. The van der Waals surface area contributed by atoms with E-state index >= 15 is 0 Å². The average molecular weight is 164 g/mol. The summed E-state index contributed by atoms with van der Waals surface area (Å²) in [6.07, 6.45) is 0. The smallest absolute Gasteiger partial charge is 0.302 e. The van der Waals surface area contributed by atoms with Crippen molar-refractivity contribution < 1.29 is 14.6 Å². The van der Waals surface area contributed by atoms with Crippen molar-refractivity contribution in [2.24, 2.45) is 11.5 Å². The Hall–Kier alpha value is -0.650. The molecular formula is C6H16N2O3. The van der Waals surface area contributed by atoms with Gasteiger partial charge in [0, 0.05) is 20.0 Å². The van der Waals surface area contributed by atoms with E-state index < -0.39 is 0 Å². The van der Waals surface area contributed by atoms with Crippen LogP contribution in [-0.2, 0) is 9.53 Å². The molecule has 0 aliphatic carbocycles. The Morgan fingerprint density at radius 1 is 1.45 bits per heavy atom. The zero-order valence-corrected chi connectivity index (χ0v) is 6.75. The second-order valence-electron chi connectivity index (χ2n) is 1.64. The minimum Gasteiger partial charge on any atom is -0.465 e. The molecule has 5 heteroatoms. The van der Waals surface area contributed by atoms with Gasteiger partial charge in [0.15, 0.2) is 0 Å². The Morgan fingerprint density at radius 3 is 2.00 bits per heavy atom. The largest absolute Gasteiger partial charge is 0.465 e. The fraction of sp³-hybridized carbons (Fsp3) is 0.833. The molecule has 0 rings (SSSR count). The summed E-state index contributed by atoms with van der Waals surface area (Å²) in [5.74, 6) is -0.273. The normalized spacial score (nSPS) is 8.00. The van der Waals surface area contributed by atoms with Crippen molar-refractivity contribution in [2.75, 3.05) is 26.3 Å². The van der Waals surface area contributed by atoms with E-state index in [1.165, 1.54) is 6.92 Å². The summed E-state index contributed by atoms with van der Waals surface area (Å²) in [4.78, 5) is 9.92. The van der Waals surface area contributed by atoms with Gasteiger partial charge >= 0.3 is 5.97 Å². The molecule has 11 heavy (non-hydrogen) atoms. The van der Waals surface area contributed by atoms with Crippen LogP contribution in [0.3, 0.4) is 0 Å². The summed E-state index contributed by atoms with van der Waals surface area (Å²) in [6.45, 7) is 2.56. The SMILES string of the molecule is CC(=O)OCCN.NCCO. The highest BCUT2D eigenvalue weighted by atomic mass is 16.5. The summed E-state index contributed by atoms with van der Waals surface area (Å²) in [5.41, 5.74) is 9.78. The van der Waals surface area contributed by atoms with Crippen LogP contribution in [0.25, 0.3) is 0 Å². The fourth-order valence-electron chi connectivity index (χ4n) is 0.203. The van der Waals surface area contributed by atoms with E-state index in [0.29, 0.717) is 19.7 Å². The molecule has 0 saturated heterocycles. The van der Waals surface area contributed by atoms with Gasteiger partial charge in [0.25, 0.3) is 0 Å². The molecule has 0 fully saturated rings. The second-order valence-corrected chi connectivity index (χ2v) is 1.64. The molecule has 0 aromatic carbocycles. The van der Waals surface area contributed by atoms with Crippen molar-refractivity contribution >= 4 is 5.97 Å². The first-order valence-electron chi connectivity index (χ1n) is 3.33. The van der Waals surface area contributed by atoms with Gasteiger partial charge in [-0.1, -0.05) is 0 Å². The van der Waals surface area contributed by atoms with E-state index in [1.807, 2.05) is 0 Å². The minimum absolute atomic E-state index is 0.0972. The monoisotopic (exact) mass is 164 g/mol. The lowest BCUT2D eigenvalue weighted by atomic mass is 10.7. The maximum absolute atomic E-state index is 9.92. The van der Waals surface area contributed by atoms with Crippen LogP contribution in [0.2, 0.25) is 0 Å². The Kier molecular flexibility index (Phi) is 14.2. The van der Waals surface area contributed by atoms with E-state index in [4.69, 9.17) is 16.6 Å². The van der Waals surface area contributed by atoms with Crippen LogP contribution in [0.5, 0.6) is 0 Å². The van der Waals surface area contributed by atoms with Crippen LogP contribution in [0, 0.1) is 0 Å². The zero-order chi connectivity index (χ0) is 9.11. The van der Waals surface area contributed by atoms with Gasteiger partial charge in [0.2, 0.25) is 0 Å². The fourth-order valence-corrected chi connectivity index (χ4v) is 0.203. The summed E-state index contributed by atoms with van der Waals surface area (Å²) in [7, 11) is 0. The summed E-state index contributed by atoms with van der Waals surface area (Å²) in [6, 6.07) is 0. The topological polar surface area (TPSA) is 98.6 Å². The van der Waals surface area contributed by atoms with Gasteiger partial charge in [-0.25, -0.2) is 0 Å². The Morgan fingerprint density at radius 2 is 1.91 bits per heavy atom. The number of ether oxygens (including phenoxy) is 1. The average Bonchev–Trinajstić information content (AvgIpc) is 2.01. The van der Waals surface area contributed by atoms with Crippen LogP contribution in [0.4, 0.5) is 0 Å². The number of aliphatic hydroxyl groups excluding tert-OH is 1. The predicted molar refractivity (Wildman–Crippen MR) is 41.8 cm³/mol. The maximum Gasteiger partial charge on any atom is 0.302 e. The summed E-state index contributed by atoms with van der Waals surface area (Å²) < 4.78 is 4.43. The van der Waals surface area contributed by atoms with Crippen molar-refractivity contribution in [1.82, 2.24) is 0 Å². The van der Waals surface area contributed by atoms with E-state index in [0.717, 1.165) is 0 Å². The quantitative estimate of drug-likeness (QED) is 0.438. The molecule has 0 amide bonds. The third-order valence-electron chi connectivity index (χ3n) is 0.552. The molecule has 0 unspecified atom stereocenters. The van der Waals surface area contributed by atoms with Gasteiger partial charge in [0.05, 0.1) is 6.61 Å². The summed E-state index contributed by atoms with van der Waals surface area (Å²) >= 11 is 0. The molecule has 5 N–H and O–H groups in total. The molecule has 0 spiro atoms. The second kappa shape index (κ2) is 12.1. The number of nitrogens with two attached hydrogens (primary N) is 2. The number of hydrogen-bond donors (Lipinski definition) is 3. The van der Waals surface area contributed by atoms with Gasteiger partial charge in [-0.3, -0.25) is 4.79 Å². The third-order valence-corrected chi connectivity index (χ3v) is 0.552. The first-order chi connectivity index (χ1) is 5.18. The Balaban J connectivity index is 0. The third kappa shape index (κ3) is 26.7. The lowest BCUT2D eigenvalue weighted by Gasteiger charge is -1.93. The highest BCUT2D eigenvalue weighted by molar-refractivity contribution is 5.65. The van der Waals surface area contributed by atoms with Crippen molar-refractivity contribution in [1.29, 1.82) is 0 Å². The van der Waals surface area contributed by atoms with Crippen LogP contribution in [-0.4, -0.2) is 37.4 Å². The molecule has 0 bridgehead atoms. The number of esters is 1. The summed E-state index contributed by atoms with van der Waals surface area (Å²) in [5, 5.41) is 7.75. The van der Waals surface area contributed by atoms with Crippen molar-refractivity contribution in [3.05, 3.63) is 0 Å². The number of rotatable bonds is 3. The van der Waals surface area contributed by atoms with Gasteiger partial charge in [-0.05, 0) is 0 Å². The van der Waals surface area contributed by atoms with E-state index in [9.17, 15) is 4.79 Å². The number of aliphatic hydroxyl groups is 1. The Labute approximate surface area is 66.3 Å². The zero-order valence-electron chi connectivity index (χ0n) is 6.75. The van der Waals surface area contributed by atoms with Crippen molar-refractivity contribution in [2.45, 2.75) is 6.92 Å². The first kappa shape index (κ1) is 13.0. The van der Waals surface area contributed by atoms with Crippen LogP contribution < -0.4 is 11.5 Å². The lowest BCUT2D eigenvalue weighted by Crippen LogP contribution is -2.10. The standard InChI is InChI=1S/C4H9NO2.C2H7NO/c1-4(6)7-3-2-5;3-1-2-4/h2-3,5H2,1H3;4H,1-3H2. The van der Waals surface area contributed by atoms with Gasteiger partial charge < -0.3 is 21.3 Å². The molecule has 0 atom stereocenters. The van der Waals surface area contributed by atoms with Crippen molar-refractivity contribution in [3.63, 3.8) is 0 Å². The molecule has 0 radical (unpaired) electrons. The van der Waals surface area contributed by atoms with Crippen molar-refractivity contribution in [3.8, 4) is 0 Å². The molecular weight excluding hydrogens is 148 g/mol. The van der Waals surface area contributed by atoms with Gasteiger partial charge in [-0.2, -0.15) is 0 Å². The number of carbonyl (C=O) groups excluding carboxylic acids is 1. The van der Waals surface area contributed by atoms with E-state index in [2.05, 4.69) is 4.74 Å². The number of hydrogen-bond acceptors (Lipinski definition) is 5. The predicted octanol–water partition coefficient (Wildman–Crippen LogP) is -1.55. The number of carbonyl (C=O) groups is 1. The highest BCUT2D eigenvalue weighted by Gasteiger charge is 1.85. The van der Waals surface area contributed by atoms with Crippen LogP contribution in [0.15, 0.2) is 0 Å². The van der Waals surface area contributed by atoms with Crippen LogP contribution >= 0.6 is 0 Å². The Bertz CT molecular complexity index is 85.9.